The van der Waals surface area contributed by atoms with Gasteiger partial charge in [0.15, 0.2) is 0 Å². The summed E-state index contributed by atoms with van der Waals surface area (Å²) in [5.41, 5.74) is 1.08. The van der Waals surface area contributed by atoms with Gasteiger partial charge in [-0.3, -0.25) is 4.79 Å². The summed E-state index contributed by atoms with van der Waals surface area (Å²) in [6, 6.07) is 8.13. The van der Waals surface area contributed by atoms with E-state index in [1.807, 2.05) is 37.2 Å². The molecule has 2 atom stereocenters. The maximum Gasteiger partial charge on any atom is 0.246 e. The summed E-state index contributed by atoms with van der Waals surface area (Å²) in [4.78, 5) is 16.5. The number of likely N-dealkylation sites (N-methyl/N-ethyl adjacent to an activating group) is 2. The number of hydrogen-bond acceptors (Lipinski definition) is 3. The van der Waals surface area contributed by atoms with Crippen LogP contribution in [0.25, 0.3) is 0 Å². The number of piperazine rings is 1. The number of nitrogens with one attached hydrogen (secondary N) is 1. The summed E-state index contributed by atoms with van der Waals surface area (Å²) in [7, 11) is 3.76. The standard InChI is InChI=1S/C14H20BrN3O/c1-10-9-18(12-7-5-4-6-11(12)15)13(8-16-2)14(19)17(10)3/h4-7,10,13,16H,8-9H2,1-3H3. The first-order chi connectivity index (χ1) is 9.06. The SMILES string of the molecule is CNCC1C(=O)N(C)C(C)CN1c1ccccc1Br. The van der Waals surface area contributed by atoms with Crippen LogP contribution in [0.2, 0.25) is 0 Å². The molecule has 0 spiro atoms. The molecule has 2 rings (SSSR count). The van der Waals surface area contributed by atoms with E-state index < -0.39 is 0 Å². The molecular formula is C14H20BrN3O. The van der Waals surface area contributed by atoms with Crippen molar-refractivity contribution in [2.75, 3.05) is 32.1 Å². The number of para-hydroxylation sites is 1. The number of hydrogen-bond donors (Lipinski definition) is 1. The van der Waals surface area contributed by atoms with E-state index in [0.717, 1.165) is 16.7 Å². The van der Waals surface area contributed by atoms with Crippen molar-refractivity contribution >= 4 is 27.5 Å². The average Bonchev–Trinajstić information content (AvgIpc) is 2.40. The van der Waals surface area contributed by atoms with Gasteiger partial charge in [0.05, 0.1) is 5.69 Å². The maximum atomic E-state index is 12.4. The van der Waals surface area contributed by atoms with E-state index in [4.69, 9.17) is 0 Å². The van der Waals surface area contributed by atoms with Gasteiger partial charge in [0.25, 0.3) is 0 Å². The van der Waals surface area contributed by atoms with Gasteiger partial charge in [-0.2, -0.15) is 0 Å². The molecule has 0 radical (unpaired) electrons. The van der Waals surface area contributed by atoms with Gasteiger partial charge < -0.3 is 15.1 Å². The van der Waals surface area contributed by atoms with E-state index in [0.29, 0.717) is 6.54 Å². The molecule has 1 aliphatic heterocycles. The molecule has 1 aliphatic rings. The molecule has 2 unspecified atom stereocenters. The van der Waals surface area contributed by atoms with E-state index in [9.17, 15) is 4.79 Å². The van der Waals surface area contributed by atoms with Crippen molar-refractivity contribution in [2.45, 2.75) is 19.0 Å². The molecule has 0 aromatic heterocycles. The summed E-state index contributed by atoms with van der Waals surface area (Å²) in [6.07, 6.45) is 0. The van der Waals surface area contributed by atoms with Gasteiger partial charge >= 0.3 is 0 Å². The van der Waals surface area contributed by atoms with Crippen LogP contribution in [0.5, 0.6) is 0 Å². The zero-order valence-electron chi connectivity index (χ0n) is 11.6. The second-order valence-electron chi connectivity index (χ2n) is 4.98. The molecule has 1 fully saturated rings. The summed E-state index contributed by atoms with van der Waals surface area (Å²) in [5, 5.41) is 3.12. The summed E-state index contributed by atoms with van der Waals surface area (Å²) < 4.78 is 1.03. The Labute approximate surface area is 122 Å². The van der Waals surface area contributed by atoms with Crippen LogP contribution in [0, 0.1) is 0 Å². The van der Waals surface area contributed by atoms with Crippen molar-refractivity contribution in [3.63, 3.8) is 0 Å². The number of carbonyl (C=O) groups is 1. The zero-order valence-corrected chi connectivity index (χ0v) is 13.1. The summed E-state index contributed by atoms with van der Waals surface area (Å²) in [5.74, 6) is 0.170. The van der Waals surface area contributed by atoms with Crippen LogP contribution < -0.4 is 10.2 Å². The van der Waals surface area contributed by atoms with E-state index >= 15 is 0 Å². The van der Waals surface area contributed by atoms with Crippen LogP contribution in [0.4, 0.5) is 5.69 Å². The fraction of sp³-hybridized carbons (Fsp3) is 0.500. The van der Waals surface area contributed by atoms with Crippen LogP contribution in [0.3, 0.4) is 0 Å². The Morgan fingerprint density at radius 1 is 1.42 bits per heavy atom. The van der Waals surface area contributed by atoms with Gasteiger partial charge in [-0.25, -0.2) is 0 Å². The molecule has 0 saturated carbocycles. The Morgan fingerprint density at radius 3 is 2.74 bits per heavy atom. The molecule has 1 heterocycles. The van der Waals surface area contributed by atoms with Crippen molar-refractivity contribution in [1.82, 2.24) is 10.2 Å². The number of benzene rings is 1. The summed E-state index contributed by atoms with van der Waals surface area (Å²) in [6.45, 7) is 3.58. The molecular weight excluding hydrogens is 306 g/mol. The molecule has 1 saturated heterocycles. The molecule has 1 amide bonds. The Kier molecular flexibility index (Phi) is 4.47. The fourth-order valence-electron chi connectivity index (χ4n) is 2.46. The molecule has 1 N–H and O–H groups in total. The van der Waals surface area contributed by atoms with Crippen LogP contribution >= 0.6 is 15.9 Å². The van der Waals surface area contributed by atoms with Crippen LogP contribution in [-0.4, -0.2) is 50.1 Å². The number of rotatable bonds is 3. The van der Waals surface area contributed by atoms with Gasteiger partial charge in [-0.15, -0.1) is 0 Å². The molecule has 1 aromatic carbocycles. The number of carbonyl (C=O) groups excluding carboxylic acids is 1. The number of halogens is 1. The highest BCUT2D eigenvalue weighted by molar-refractivity contribution is 9.10. The fourth-order valence-corrected chi connectivity index (χ4v) is 2.97. The van der Waals surface area contributed by atoms with Crippen molar-refractivity contribution < 1.29 is 4.79 Å². The second kappa shape index (κ2) is 5.92. The second-order valence-corrected chi connectivity index (χ2v) is 5.83. The normalized spacial score (nSPS) is 23.9. The van der Waals surface area contributed by atoms with Gasteiger partial charge in [-0.05, 0) is 42.0 Å². The van der Waals surface area contributed by atoms with E-state index in [1.54, 1.807) is 0 Å². The highest BCUT2D eigenvalue weighted by Gasteiger charge is 2.36. The minimum absolute atomic E-state index is 0.148. The third-order valence-corrected chi connectivity index (χ3v) is 4.36. The van der Waals surface area contributed by atoms with Gasteiger partial charge in [0.1, 0.15) is 6.04 Å². The Hall–Kier alpha value is -1.07. The lowest BCUT2D eigenvalue weighted by Gasteiger charge is -2.44. The lowest BCUT2D eigenvalue weighted by Crippen LogP contribution is -2.62. The smallest absolute Gasteiger partial charge is 0.246 e. The quantitative estimate of drug-likeness (QED) is 0.918. The molecule has 4 nitrogen and oxygen atoms in total. The maximum absolute atomic E-state index is 12.4. The Balaban J connectivity index is 2.36. The van der Waals surface area contributed by atoms with Gasteiger partial charge in [0.2, 0.25) is 5.91 Å². The van der Waals surface area contributed by atoms with Gasteiger partial charge in [0, 0.05) is 30.7 Å². The molecule has 1 aromatic rings. The zero-order chi connectivity index (χ0) is 14.0. The molecule has 104 valence electrons. The van der Waals surface area contributed by atoms with Crippen molar-refractivity contribution in [2.24, 2.45) is 0 Å². The predicted molar refractivity (Wildman–Crippen MR) is 81.4 cm³/mol. The van der Waals surface area contributed by atoms with Crippen molar-refractivity contribution in [3.05, 3.63) is 28.7 Å². The third-order valence-electron chi connectivity index (χ3n) is 3.69. The molecule has 0 bridgehead atoms. The highest BCUT2D eigenvalue weighted by atomic mass is 79.9. The topological polar surface area (TPSA) is 35.6 Å². The number of anilines is 1. The van der Waals surface area contributed by atoms with Crippen molar-refractivity contribution in [1.29, 1.82) is 0 Å². The van der Waals surface area contributed by atoms with Gasteiger partial charge in [-0.1, -0.05) is 12.1 Å². The van der Waals surface area contributed by atoms with Crippen LogP contribution in [-0.2, 0) is 4.79 Å². The predicted octanol–water partition coefficient (Wildman–Crippen LogP) is 1.70. The number of nitrogens with zero attached hydrogens (tertiary/aromatic N) is 2. The lowest BCUT2D eigenvalue weighted by molar-refractivity contribution is -0.134. The summed E-state index contributed by atoms with van der Waals surface area (Å²) >= 11 is 3.58. The van der Waals surface area contributed by atoms with Crippen LogP contribution in [0.1, 0.15) is 6.92 Å². The first-order valence-corrected chi connectivity index (χ1v) is 7.28. The first-order valence-electron chi connectivity index (χ1n) is 6.48. The lowest BCUT2D eigenvalue weighted by atomic mass is 10.1. The molecule has 19 heavy (non-hydrogen) atoms. The first kappa shape index (κ1) is 14.3. The van der Waals surface area contributed by atoms with E-state index in [2.05, 4.69) is 39.1 Å². The van der Waals surface area contributed by atoms with Crippen molar-refractivity contribution in [3.8, 4) is 0 Å². The average molecular weight is 326 g/mol. The Bertz CT molecular complexity index is 466. The molecule has 0 aliphatic carbocycles. The van der Waals surface area contributed by atoms with Crippen LogP contribution in [0.15, 0.2) is 28.7 Å². The minimum atomic E-state index is -0.148. The highest BCUT2D eigenvalue weighted by Crippen LogP contribution is 2.30. The Morgan fingerprint density at radius 2 is 2.11 bits per heavy atom. The number of amides is 1. The van der Waals surface area contributed by atoms with E-state index in [1.165, 1.54) is 0 Å². The largest absolute Gasteiger partial charge is 0.356 e. The van der Waals surface area contributed by atoms with E-state index in [-0.39, 0.29) is 18.0 Å². The third kappa shape index (κ3) is 2.77. The minimum Gasteiger partial charge on any atom is -0.356 e. The monoisotopic (exact) mass is 325 g/mol. The molecule has 5 heteroatoms.